The highest BCUT2D eigenvalue weighted by Gasteiger charge is 2.05. The number of rotatable bonds is 4. The van der Waals surface area contributed by atoms with Crippen LogP contribution in [0.15, 0.2) is 59.4 Å². The van der Waals surface area contributed by atoms with Crippen molar-refractivity contribution >= 4 is 11.6 Å². The number of hydrogen-bond acceptors (Lipinski definition) is 4. The normalized spacial score (nSPS) is 10.3. The Morgan fingerprint density at radius 2 is 1.87 bits per heavy atom. The van der Waals surface area contributed by atoms with Gasteiger partial charge in [0.15, 0.2) is 0 Å². The van der Waals surface area contributed by atoms with Crippen LogP contribution in [0.25, 0.3) is 11.3 Å². The van der Waals surface area contributed by atoms with Crippen molar-refractivity contribution in [3.8, 4) is 17.0 Å². The quantitative estimate of drug-likeness (QED) is 0.774. The number of hydrogen-bond donors (Lipinski definition) is 2. The molecular formula is C18H17N3O2. The molecule has 0 aliphatic heterocycles. The van der Waals surface area contributed by atoms with Crippen molar-refractivity contribution in [3.63, 3.8) is 0 Å². The molecule has 0 spiro atoms. The zero-order valence-corrected chi connectivity index (χ0v) is 13.0. The molecule has 2 N–H and O–H groups in total. The van der Waals surface area contributed by atoms with Crippen LogP contribution in [0.4, 0.5) is 11.6 Å². The Hall–Kier alpha value is -3.08. The van der Waals surface area contributed by atoms with E-state index in [4.69, 9.17) is 4.74 Å². The molecule has 1 aromatic heterocycles. The lowest BCUT2D eigenvalue weighted by Gasteiger charge is -2.08. The van der Waals surface area contributed by atoms with Gasteiger partial charge in [-0.1, -0.05) is 12.1 Å². The molecule has 3 aromatic rings. The third-order valence-corrected chi connectivity index (χ3v) is 3.41. The van der Waals surface area contributed by atoms with E-state index in [1.807, 2.05) is 55.5 Å². The largest absolute Gasteiger partial charge is 0.497 e. The summed E-state index contributed by atoms with van der Waals surface area (Å²) in [4.78, 5) is 19.1. The second-order valence-corrected chi connectivity index (χ2v) is 5.20. The Bertz CT molecular complexity index is 870. The topological polar surface area (TPSA) is 67.0 Å². The van der Waals surface area contributed by atoms with E-state index in [0.29, 0.717) is 11.6 Å². The van der Waals surface area contributed by atoms with Gasteiger partial charge in [0.2, 0.25) is 5.95 Å². The zero-order chi connectivity index (χ0) is 16.2. The summed E-state index contributed by atoms with van der Waals surface area (Å²) < 4.78 is 5.14. The maximum Gasteiger partial charge on any atom is 0.252 e. The molecule has 116 valence electrons. The number of aromatic nitrogens is 2. The van der Waals surface area contributed by atoms with E-state index in [2.05, 4.69) is 15.3 Å². The van der Waals surface area contributed by atoms with Crippen LogP contribution in [0.3, 0.4) is 0 Å². The summed E-state index contributed by atoms with van der Waals surface area (Å²) in [5.74, 6) is 1.17. The maximum atomic E-state index is 11.9. The molecule has 0 bridgehead atoms. The van der Waals surface area contributed by atoms with E-state index in [9.17, 15) is 4.79 Å². The fourth-order valence-electron chi connectivity index (χ4n) is 2.29. The van der Waals surface area contributed by atoms with E-state index in [1.165, 1.54) is 6.07 Å². The average molecular weight is 307 g/mol. The molecule has 0 radical (unpaired) electrons. The number of benzene rings is 2. The lowest BCUT2D eigenvalue weighted by molar-refractivity contribution is 0.415. The summed E-state index contributed by atoms with van der Waals surface area (Å²) in [6.45, 7) is 2.01. The first-order chi connectivity index (χ1) is 11.1. The minimum absolute atomic E-state index is 0.207. The van der Waals surface area contributed by atoms with Crippen molar-refractivity contribution in [2.75, 3.05) is 12.4 Å². The number of nitrogens with zero attached hydrogens (tertiary/aromatic N) is 1. The van der Waals surface area contributed by atoms with Crippen LogP contribution in [0.1, 0.15) is 5.56 Å². The summed E-state index contributed by atoms with van der Waals surface area (Å²) >= 11 is 0. The summed E-state index contributed by atoms with van der Waals surface area (Å²) in [6, 6.07) is 16.8. The number of nitrogens with one attached hydrogen (secondary N) is 2. The molecule has 0 amide bonds. The maximum absolute atomic E-state index is 11.9. The highest BCUT2D eigenvalue weighted by molar-refractivity contribution is 5.62. The van der Waals surface area contributed by atoms with Gasteiger partial charge in [-0.2, -0.15) is 0 Å². The molecule has 0 aliphatic carbocycles. The van der Waals surface area contributed by atoms with E-state index in [-0.39, 0.29) is 5.56 Å². The highest BCUT2D eigenvalue weighted by atomic mass is 16.5. The van der Waals surface area contributed by atoms with E-state index in [0.717, 1.165) is 22.6 Å². The Morgan fingerprint density at radius 1 is 1.09 bits per heavy atom. The Labute approximate surface area is 134 Å². The van der Waals surface area contributed by atoms with Gasteiger partial charge in [-0.15, -0.1) is 0 Å². The van der Waals surface area contributed by atoms with Gasteiger partial charge in [-0.3, -0.25) is 9.78 Å². The van der Waals surface area contributed by atoms with Gasteiger partial charge in [-0.05, 0) is 48.9 Å². The van der Waals surface area contributed by atoms with E-state index < -0.39 is 0 Å². The van der Waals surface area contributed by atoms with Crippen LogP contribution in [0, 0.1) is 6.92 Å². The smallest absolute Gasteiger partial charge is 0.252 e. The van der Waals surface area contributed by atoms with Gasteiger partial charge in [0.05, 0.1) is 12.8 Å². The molecule has 2 aromatic carbocycles. The van der Waals surface area contributed by atoms with Crippen molar-refractivity contribution in [1.82, 2.24) is 9.97 Å². The Balaban J connectivity index is 1.93. The van der Waals surface area contributed by atoms with Gasteiger partial charge < -0.3 is 10.1 Å². The summed E-state index contributed by atoms with van der Waals surface area (Å²) in [6.07, 6.45) is 0. The van der Waals surface area contributed by atoms with Gasteiger partial charge in [0.25, 0.3) is 5.56 Å². The van der Waals surface area contributed by atoms with Gasteiger partial charge in [0, 0.05) is 17.3 Å². The van der Waals surface area contributed by atoms with Crippen molar-refractivity contribution < 1.29 is 4.74 Å². The fraction of sp³-hybridized carbons (Fsp3) is 0.111. The lowest BCUT2D eigenvalue weighted by Crippen LogP contribution is -2.10. The molecule has 5 nitrogen and oxygen atoms in total. The Morgan fingerprint density at radius 3 is 2.57 bits per heavy atom. The van der Waals surface area contributed by atoms with Crippen molar-refractivity contribution in [3.05, 3.63) is 70.5 Å². The van der Waals surface area contributed by atoms with Crippen molar-refractivity contribution in [2.45, 2.75) is 6.92 Å². The van der Waals surface area contributed by atoms with Gasteiger partial charge in [-0.25, -0.2) is 4.98 Å². The van der Waals surface area contributed by atoms with Crippen LogP contribution in [-0.4, -0.2) is 17.1 Å². The number of aryl methyl sites for hydroxylation is 1. The van der Waals surface area contributed by atoms with Crippen molar-refractivity contribution in [2.24, 2.45) is 0 Å². The summed E-state index contributed by atoms with van der Waals surface area (Å²) in [7, 11) is 1.62. The monoisotopic (exact) mass is 307 g/mol. The number of aromatic amines is 1. The van der Waals surface area contributed by atoms with Crippen LogP contribution < -0.4 is 15.6 Å². The third kappa shape index (κ3) is 3.58. The third-order valence-electron chi connectivity index (χ3n) is 3.41. The number of ether oxygens (including phenoxy) is 1. The second-order valence-electron chi connectivity index (χ2n) is 5.20. The lowest BCUT2D eigenvalue weighted by atomic mass is 10.1. The molecule has 3 rings (SSSR count). The molecule has 0 atom stereocenters. The van der Waals surface area contributed by atoms with Crippen LogP contribution in [0.5, 0.6) is 5.75 Å². The summed E-state index contributed by atoms with van der Waals surface area (Å²) in [5, 5.41) is 3.13. The van der Waals surface area contributed by atoms with E-state index >= 15 is 0 Å². The van der Waals surface area contributed by atoms with Crippen LogP contribution >= 0.6 is 0 Å². The first-order valence-electron chi connectivity index (χ1n) is 7.23. The first-order valence-corrected chi connectivity index (χ1v) is 7.23. The number of anilines is 2. The van der Waals surface area contributed by atoms with Crippen LogP contribution in [0.2, 0.25) is 0 Å². The standard InChI is InChI=1S/C18H17N3O2/c1-12-4-3-5-14(10-12)19-18-20-16(11-17(22)21-18)13-6-8-15(23-2)9-7-13/h3-11H,1-2H3,(H2,19,20,21,22). The molecular weight excluding hydrogens is 290 g/mol. The van der Waals surface area contributed by atoms with Gasteiger partial charge in [0.1, 0.15) is 5.75 Å². The predicted octanol–water partition coefficient (Wildman–Crippen LogP) is 3.50. The van der Waals surface area contributed by atoms with Crippen molar-refractivity contribution in [1.29, 1.82) is 0 Å². The number of methoxy groups -OCH3 is 1. The molecule has 5 heteroatoms. The molecule has 0 unspecified atom stereocenters. The molecule has 23 heavy (non-hydrogen) atoms. The molecule has 0 saturated heterocycles. The molecule has 0 fully saturated rings. The van der Waals surface area contributed by atoms with Gasteiger partial charge >= 0.3 is 0 Å². The minimum Gasteiger partial charge on any atom is -0.497 e. The summed E-state index contributed by atoms with van der Waals surface area (Å²) in [5.41, 5.74) is 3.25. The molecule has 1 heterocycles. The Kier molecular flexibility index (Phi) is 4.10. The zero-order valence-electron chi connectivity index (χ0n) is 13.0. The highest BCUT2D eigenvalue weighted by Crippen LogP contribution is 2.21. The second kappa shape index (κ2) is 6.36. The number of H-pyrrole nitrogens is 1. The molecule has 0 saturated carbocycles. The average Bonchev–Trinajstić information content (AvgIpc) is 2.54. The minimum atomic E-state index is -0.207. The molecule has 0 aliphatic rings. The predicted molar refractivity (Wildman–Crippen MR) is 91.3 cm³/mol. The SMILES string of the molecule is COc1ccc(-c2cc(=O)[nH]c(Nc3cccc(C)c3)n2)cc1. The first kappa shape index (κ1) is 14.8. The fourth-order valence-corrected chi connectivity index (χ4v) is 2.29. The van der Waals surface area contributed by atoms with Crippen LogP contribution in [-0.2, 0) is 0 Å². The van der Waals surface area contributed by atoms with E-state index in [1.54, 1.807) is 7.11 Å².